The summed E-state index contributed by atoms with van der Waals surface area (Å²) in [7, 11) is 4.20. The van der Waals surface area contributed by atoms with Crippen LogP contribution < -0.4 is 11.1 Å². The van der Waals surface area contributed by atoms with Crippen LogP contribution in [0, 0.1) is 5.92 Å². The van der Waals surface area contributed by atoms with Crippen LogP contribution in [0.4, 0.5) is 0 Å². The van der Waals surface area contributed by atoms with Crippen molar-refractivity contribution < 1.29 is 4.79 Å². The normalized spacial score (nSPS) is 19.8. The van der Waals surface area contributed by atoms with Crippen molar-refractivity contribution >= 4 is 5.91 Å². The van der Waals surface area contributed by atoms with Gasteiger partial charge in [0.15, 0.2) is 0 Å². The van der Waals surface area contributed by atoms with E-state index in [1.165, 1.54) is 19.3 Å². The Labute approximate surface area is 105 Å². The van der Waals surface area contributed by atoms with Crippen molar-refractivity contribution in [2.24, 2.45) is 11.7 Å². The van der Waals surface area contributed by atoms with Crippen LogP contribution in [0.1, 0.15) is 39.0 Å². The molecule has 1 rings (SSSR count). The molecular formula is C13H27N3O. The number of rotatable bonds is 7. The molecule has 1 saturated carbocycles. The zero-order chi connectivity index (χ0) is 12.9. The third-order valence-corrected chi connectivity index (χ3v) is 4.11. The average Bonchev–Trinajstić information content (AvgIpc) is 2.23. The fraction of sp³-hybridized carbons (Fsp3) is 0.923. The van der Waals surface area contributed by atoms with Gasteiger partial charge in [0.25, 0.3) is 0 Å². The van der Waals surface area contributed by atoms with E-state index in [1.807, 2.05) is 6.92 Å². The molecule has 100 valence electrons. The Balaban J connectivity index is 2.31. The number of hydrogen-bond donors (Lipinski definition) is 2. The molecule has 0 saturated heterocycles. The van der Waals surface area contributed by atoms with Crippen LogP contribution in [0.5, 0.6) is 0 Å². The molecule has 3 N–H and O–H groups in total. The molecule has 4 nitrogen and oxygen atoms in total. The van der Waals surface area contributed by atoms with Gasteiger partial charge in [0.2, 0.25) is 5.91 Å². The van der Waals surface area contributed by atoms with Crippen molar-refractivity contribution in [2.75, 3.05) is 27.2 Å². The van der Waals surface area contributed by atoms with Crippen LogP contribution >= 0.6 is 0 Å². The van der Waals surface area contributed by atoms with Gasteiger partial charge in [0.1, 0.15) is 0 Å². The first kappa shape index (κ1) is 14.5. The first-order chi connectivity index (χ1) is 8.02. The minimum Gasteiger partial charge on any atom is -0.354 e. The molecule has 1 fully saturated rings. The largest absolute Gasteiger partial charge is 0.354 e. The molecule has 17 heavy (non-hydrogen) atoms. The van der Waals surface area contributed by atoms with Gasteiger partial charge in [0.05, 0.1) is 0 Å². The molecule has 0 bridgehead atoms. The molecule has 1 amide bonds. The lowest BCUT2D eigenvalue weighted by molar-refractivity contribution is -0.125. The summed E-state index contributed by atoms with van der Waals surface area (Å²) < 4.78 is 0. The Hall–Kier alpha value is -0.610. The van der Waals surface area contributed by atoms with Crippen LogP contribution in [0.25, 0.3) is 0 Å². The molecule has 0 aromatic rings. The summed E-state index contributed by atoms with van der Waals surface area (Å²) in [5, 5.41) is 3.09. The van der Waals surface area contributed by atoms with Crippen LogP contribution in [0.2, 0.25) is 0 Å². The minimum absolute atomic E-state index is 0.0813. The Morgan fingerprint density at radius 1 is 1.47 bits per heavy atom. The third kappa shape index (κ3) is 3.68. The fourth-order valence-corrected chi connectivity index (χ4v) is 2.35. The van der Waals surface area contributed by atoms with Crippen molar-refractivity contribution in [1.29, 1.82) is 0 Å². The van der Waals surface area contributed by atoms with Crippen LogP contribution in [0.15, 0.2) is 0 Å². The highest BCUT2D eigenvalue weighted by Crippen LogP contribution is 2.35. The lowest BCUT2D eigenvalue weighted by Gasteiger charge is -2.47. The first-order valence-corrected chi connectivity index (χ1v) is 6.67. The van der Waals surface area contributed by atoms with Gasteiger partial charge in [-0.05, 0) is 52.7 Å². The highest BCUT2D eigenvalue weighted by molar-refractivity contribution is 5.78. The summed E-state index contributed by atoms with van der Waals surface area (Å²) in [6, 6.07) is 0. The number of hydrogen-bond acceptors (Lipinski definition) is 3. The molecule has 0 aromatic heterocycles. The summed E-state index contributed by atoms with van der Waals surface area (Å²) >= 11 is 0. The number of nitrogens with one attached hydrogen (secondary N) is 1. The van der Waals surface area contributed by atoms with E-state index in [0.29, 0.717) is 6.54 Å². The van der Waals surface area contributed by atoms with Crippen molar-refractivity contribution in [1.82, 2.24) is 10.2 Å². The minimum atomic E-state index is 0.0813. The van der Waals surface area contributed by atoms with Crippen molar-refractivity contribution in [3.8, 4) is 0 Å². The molecule has 0 aromatic carbocycles. The van der Waals surface area contributed by atoms with Crippen molar-refractivity contribution in [3.05, 3.63) is 0 Å². The Morgan fingerprint density at radius 3 is 2.53 bits per heavy atom. The second-order valence-corrected chi connectivity index (χ2v) is 5.52. The van der Waals surface area contributed by atoms with Gasteiger partial charge in [-0.3, -0.25) is 4.79 Å². The Kier molecular flexibility index (Phi) is 5.40. The topological polar surface area (TPSA) is 58.4 Å². The average molecular weight is 241 g/mol. The fourth-order valence-electron chi connectivity index (χ4n) is 2.35. The Bertz CT molecular complexity index is 249. The maximum Gasteiger partial charge on any atom is 0.222 e. The maximum absolute atomic E-state index is 11.9. The summed E-state index contributed by atoms with van der Waals surface area (Å²) in [6.07, 6.45) is 5.47. The third-order valence-electron chi connectivity index (χ3n) is 4.11. The van der Waals surface area contributed by atoms with Crippen LogP contribution in [0.3, 0.4) is 0 Å². The molecule has 0 radical (unpaired) electrons. The maximum atomic E-state index is 11.9. The van der Waals surface area contributed by atoms with Gasteiger partial charge in [-0.15, -0.1) is 0 Å². The molecule has 0 heterocycles. The second kappa shape index (κ2) is 6.36. The molecule has 1 atom stereocenters. The van der Waals surface area contributed by atoms with E-state index in [1.54, 1.807) is 0 Å². The highest BCUT2D eigenvalue weighted by Gasteiger charge is 2.39. The zero-order valence-corrected chi connectivity index (χ0v) is 11.5. The molecule has 1 aliphatic rings. The number of carbonyl (C=O) groups is 1. The van der Waals surface area contributed by atoms with Crippen molar-refractivity contribution in [2.45, 2.75) is 44.6 Å². The monoisotopic (exact) mass is 241 g/mol. The summed E-state index contributed by atoms with van der Waals surface area (Å²) in [5.74, 6) is 0.254. The summed E-state index contributed by atoms with van der Waals surface area (Å²) in [5.41, 5.74) is 5.66. The number of amides is 1. The predicted octanol–water partition coefficient (Wildman–Crippen LogP) is 0.962. The van der Waals surface area contributed by atoms with Gasteiger partial charge in [-0.25, -0.2) is 0 Å². The highest BCUT2D eigenvalue weighted by atomic mass is 16.1. The molecule has 1 unspecified atom stereocenters. The number of nitrogens with two attached hydrogens (primary N) is 1. The van der Waals surface area contributed by atoms with Gasteiger partial charge >= 0.3 is 0 Å². The number of carbonyl (C=O) groups excluding carboxylic acids is 1. The molecule has 0 spiro atoms. The van der Waals surface area contributed by atoms with E-state index in [2.05, 4.69) is 24.3 Å². The molecule has 1 aliphatic carbocycles. The Morgan fingerprint density at radius 2 is 2.12 bits per heavy atom. The first-order valence-electron chi connectivity index (χ1n) is 6.67. The predicted molar refractivity (Wildman–Crippen MR) is 70.7 cm³/mol. The summed E-state index contributed by atoms with van der Waals surface area (Å²) in [6.45, 7) is 3.43. The van der Waals surface area contributed by atoms with Crippen LogP contribution in [-0.2, 0) is 4.79 Å². The second-order valence-electron chi connectivity index (χ2n) is 5.52. The molecular weight excluding hydrogens is 214 g/mol. The quantitative estimate of drug-likeness (QED) is 0.698. The van der Waals surface area contributed by atoms with E-state index in [-0.39, 0.29) is 17.4 Å². The van der Waals surface area contributed by atoms with E-state index in [4.69, 9.17) is 5.73 Å². The van der Waals surface area contributed by atoms with Gasteiger partial charge in [0, 0.05) is 18.0 Å². The SMILES string of the molecule is CC(CCCN)C(=O)NCC1(N(C)C)CCC1. The summed E-state index contributed by atoms with van der Waals surface area (Å²) in [4.78, 5) is 14.1. The number of nitrogens with zero attached hydrogens (tertiary/aromatic N) is 1. The standard InChI is InChI=1S/C13H27N3O/c1-11(6-4-9-14)12(17)15-10-13(16(2)3)7-5-8-13/h11H,4-10,14H2,1-3H3,(H,15,17). The van der Waals surface area contributed by atoms with Gasteiger partial charge < -0.3 is 16.0 Å². The van der Waals surface area contributed by atoms with Crippen LogP contribution in [-0.4, -0.2) is 43.5 Å². The van der Waals surface area contributed by atoms with Gasteiger partial charge in [-0.2, -0.15) is 0 Å². The lowest BCUT2D eigenvalue weighted by atomic mass is 9.75. The lowest BCUT2D eigenvalue weighted by Crippen LogP contribution is -2.57. The molecule has 4 heteroatoms. The van der Waals surface area contributed by atoms with E-state index in [0.717, 1.165) is 19.4 Å². The zero-order valence-electron chi connectivity index (χ0n) is 11.5. The van der Waals surface area contributed by atoms with Gasteiger partial charge in [-0.1, -0.05) is 6.92 Å². The van der Waals surface area contributed by atoms with Crippen molar-refractivity contribution in [3.63, 3.8) is 0 Å². The van der Waals surface area contributed by atoms with E-state index in [9.17, 15) is 4.79 Å². The smallest absolute Gasteiger partial charge is 0.222 e. The van der Waals surface area contributed by atoms with E-state index >= 15 is 0 Å². The molecule has 0 aliphatic heterocycles. The van der Waals surface area contributed by atoms with E-state index < -0.39 is 0 Å². The number of likely N-dealkylation sites (N-methyl/N-ethyl adjacent to an activating group) is 1.